The number of hydrogen-bond donors (Lipinski definition) is 1. The second-order valence-electron chi connectivity index (χ2n) is 8.27. The van der Waals surface area contributed by atoms with E-state index in [1.807, 2.05) is 28.0 Å². The van der Waals surface area contributed by atoms with E-state index in [2.05, 4.69) is 33.1 Å². The number of piperidine rings is 1. The molecule has 0 saturated carbocycles. The Kier molecular flexibility index (Phi) is 6.44. The number of β-amino-alcohol motifs (C(OH)–C–C–N with tert-alkyl or cyclic N) is 1. The third kappa shape index (κ3) is 4.84. The SMILES string of the molecule is N#Cc1nccnc1N1CCN(CC2(O)CCCN(CCc3ccccc3)C2=O)CC1. The van der Waals surface area contributed by atoms with Gasteiger partial charge < -0.3 is 14.9 Å². The molecule has 0 aliphatic carbocycles. The summed E-state index contributed by atoms with van der Waals surface area (Å²) in [5.74, 6) is 0.446. The van der Waals surface area contributed by atoms with Crippen LogP contribution in [0.5, 0.6) is 0 Å². The van der Waals surface area contributed by atoms with Gasteiger partial charge in [-0.05, 0) is 24.8 Å². The molecule has 1 amide bonds. The van der Waals surface area contributed by atoms with Crippen molar-refractivity contribution in [3.8, 4) is 6.07 Å². The predicted octanol–water partition coefficient (Wildman–Crippen LogP) is 1.07. The summed E-state index contributed by atoms with van der Waals surface area (Å²) in [6.07, 6.45) is 5.21. The first kappa shape index (κ1) is 21.2. The summed E-state index contributed by atoms with van der Waals surface area (Å²) in [6.45, 7) is 4.41. The number of nitriles is 1. The van der Waals surface area contributed by atoms with E-state index >= 15 is 0 Å². The van der Waals surface area contributed by atoms with E-state index < -0.39 is 5.60 Å². The minimum absolute atomic E-state index is 0.155. The first-order valence-electron chi connectivity index (χ1n) is 10.8. The van der Waals surface area contributed by atoms with E-state index in [0.29, 0.717) is 63.7 Å². The summed E-state index contributed by atoms with van der Waals surface area (Å²) < 4.78 is 0. The number of amides is 1. The van der Waals surface area contributed by atoms with Crippen LogP contribution < -0.4 is 4.90 Å². The van der Waals surface area contributed by atoms with E-state index in [9.17, 15) is 15.2 Å². The van der Waals surface area contributed by atoms with Gasteiger partial charge in [-0.25, -0.2) is 9.97 Å². The molecular formula is C23H28N6O2. The lowest BCUT2D eigenvalue weighted by Gasteiger charge is -2.43. The number of carbonyl (C=O) groups excluding carboxylic acids is 1. The summed E-state index contributed by atoms with van der Waals surface area (Å²) >= 11 is 0. The van der Waals surface area contributed by atoms with Gasteiger partial charge in [0.2, 0.25) is 0 Å². The highest BCUT2D eigenvalue weighted by Crippen LogP contribution is 2.25. The van der Waals surface area contributed by atoms with Gasteiger partial charge in [-0.15, -0.1) is 0 Å². The number of aromatic nitrogens is 2. The van der Waals surface area contributed by atoms with Crippen molar-refractivity contribution < 1.29 is 9.90 Å². The largest absolute Gasteiger partial charge is 0.379 e. The second-order valence-corrected chi connectivity index (χ2v) is 8.27. The Morgan fingerprint density at radius 2 is 1.81 bits per heavy atom. The van der Waals surface area contributed by atoms with Gasteiger partial charge in [0.05, 0.1) is 0 Å². The molecule has 0 radical (unpaired) electrons. The fourth-order valence-electron chi connectivity index (χ4n) is 4.46. The molecule has 0 spiro atoms. The molecule has 2 aromatic rings. The normalized spacial score (nSPS) is 22.4. The molecule has 3 heterocycles. The van der Waals surface area contributed by atoms with Crippen molar-refractivity contribution in [3.05, 3.63) is 54.0 Å². The first-order chi connectivity index (χ1) is 15.1. The van der Waals surface area contributed by atoms with Crippen LogP contribution in [0.2, 0.25) is 0 Å². The maximum atomic E-state index is 13.1. The van der Waals surface area contributed by atoms with Gasteiger partial charge >= 0.3 is 0 Å². The molecule has 1 unspecified atom stereocenters. The van der Waals surface area contributed by atoms with E-state index in [4.69, 9.17) is 0 Å². The molecule has 2 fully saturated rings. The van der Waals surface area contributed by atoms with E-state index in [1.165, 1.54) is 11.8 Å². The lowest BCUT2D eigenvalue weighted by Crippen LogP contribution is -2.61. The average molecular weight is 421 g/mol. The highest BCUT2D eigenvalue weighted by molar-refractivity contribution is 5.86. The number of hydrogen-bond acceptors (Lipinski definition) is 7. The molecule has 8 nitrogen and oxygen atoms in total. The molecule has 8 heteroatoms. The topological polar surface area (TPSA) is 96.6 Å². The highest BCUT2D eigenvalue weighted by Gasteiger charge is 2.43. The predicted molar refractivity (Wildman–Crippen MR) is 116 cm³/mol. The molecule has 162 valence electrons. The lowest BCUT2D eigenvalue weighted by atomic mass is 9.90. The average Bonchev–Trinajstić information content (AvgIpc) is 2.81. The van der Waals surface area contributed by atoms with Crippen LogP contribution in [-0.4, -0.2) is 82.2 Å². The summed E-state index contributed by atoms with van der Waals surface area (Å²) in [7, 11) is 0. The number of nitrogens with zero attached hydrogens (tertiary/aromatic N) is 6. The number of benzene rings is 1. The summed E-state index contributed by atoms with van der Waals surface area (Å²) in [4.78, 5) is 27.5. The van der Waals surface area contributed by atoms with Gasteiger partial charge in [0.25, 0.3) is 5.91 Å². The van der Waals surface area contributed by atoms with Crippen molar-refractivity contribution in [2.45, 2.75) is 24.9 Å². The van der Waals surface area contributed by atoms with Crippen molar-refractivity contribution in [3.63, 3.8) is 0 Å². The van der Waals surface area contributed by atoms with Crippen LogP contribution in [0.4, 0.5) is 5.82 Å². The van der Waals surface area contributed by atoms with E-state index in [-0.39, 0.29) is 5.91 Å². The van der Waals surface area contributed by atoms with E-state index in [0.717, 1.165) is 12.8 Å². The molecule has 1 aromatic heterocycles. The monoisotopic (exact) mass is 420 g/mol. The van der Waals surface area contributed by atoms with Crippen molar-refractivity contribution in [2.24, 2.45) is 0 Å². The van der Waals surface area contributed by atoms with Gasteiger partial charge in [-0.3, -0.25) is 9.69 Å². The van der Waals surface area contributed by atoms with Crippen LogP contribution in [0, 0.1) is 11.3 Å². The molecule has 1 atom stereocenters. The summed E-state index contributed by atoms with van der Waals surface area (Å²) in [5.41, 5.74) is 0.189. The number of carbonyl (C=O) groups is 1. The second kappa shape index (κ2) is 9.41. The van der Waals surface area contributed by atoms with Gasteiger partial charge in [-0.2, -0.15) is 5.26 Å². The number of likely N-dealkylation sites (tertiary alicyclic amines) is 1. The third-order valence-electron chi connectivity index (χ3n) is 6.16. The first-order valence-corrected chi connectivity index (χ1v) is 10.8. The number of piperazine rings is 1. The Morgan fingerprint density at radius 1 is 1.06 bits per heavy atom. The van der Waals surface area contributed by atoms with Gasteiger partial charge in [0.1, 0.15) is 6.07 Å². The molecule has 2 aliphatic heterocycles. The quantitative estimate of drug-likeness (QED) is 0.747. The van der Waals surface area contributed by atoms with Crippen LogP contribution in [0.3, 0.4) is 0 Å². The highest BCUT2D eigenvalue weighted by atomic mass is 16.3. The van der Waals surface area contributed by atoms with Crippen LogP contribution in [-0.2, 0) is 11.2 Å². The fourth-order valence-corrected chi connectivity index (χ4v) is 4.46. The molecule has 2 saturated heterocycles. The molecule has 4 rings (SSSR count). The third-order valence-corrected chi connectivity index (χ3v) is 6.16. The molecular weight excluding hydrogens is 392 g/mol. The smallest absolute Gasteiger partial charge is 0.255 e. The van der Waals surface area contributed by atoms with E-state index in [1.54, 1.807) is 6.20 Å². The molecule has 2 aliphatic rings. The van der Waals surface area contributed by atoms with Gasteiger partial charge in [0.15, 0.2) is 17.1 Å². The van der Waals surface area contributed by atoms with Crippen molar-refractivity contribution in [1.82, 2.24) is 19.8 Å². The Labute approximate surface area is 182 Å². The number of rotatable bonds is 6. The van der Waals surface area contributed by atoms with Crippen LogP contribution in [0.15, 0.2) is 42.7 Å². The Hall–Kier alpha value is -3.02. The van der Waals surface area contributed by atoms with Gasteiger partial charge in [-0.1, -0.05) is 30.3 Å². The zero-order valence-corrected chi connectivity index (χ0v) is 17.7. The lowest BCUT2D eigenvalue weighted by molar-refractivity contribution is -0.159. The summed E-state index contributed by atoms with van der Waals surface area (Å²) in [6, 6.07) is 12.2. The molecule has 1 aromatic carbocycles. The molecule has 1 N–H and O–H groups in total. The number of anilines is 1. The zero-order chi connectivity index (χ0) is 21.7. The van der Waals surface area contributed by atoms with Gasteiger partial charge in [0, 0.05) is 58.2 Å². The zero-order valence-electron chi connectivity index (χ0n) is 17.7. The van der Waals surface area contributed by atoms with Crippen molar-refractivity contribution in [2.75, 3.05) is 50.7 Å². The van der Waals surface area contributed by atoms with Crippen LogP contribution in [0.25, 0.3) is 0 Å². The number of aliphatic hydroxyl groups is 1. The molecule has 0 bridgehead atoms. The minimum Gasteiger partial charge on any atom is -0.379 e. The Bertz CT molecular complexity index is 939. The Balaban J connectivity index is 1.33. The maximum absolute atomic E-state index is 13.1. The van der Waals surface area contributed by atoms with Crippen molar-refractivity contribution >= 4 is 11.7 Å². The minimum atomic E-state index is -1.33. The fraction of sp³-hybridized carbons (Fsp3) is 0.478. The van der Waals surface area contributed by atoms with Crippen LogP contribution in [0.1, 0.15) is 24.1 Å². The molecule has 31 heavy (non-hydrogen) atoms. The summed E-state index contributed by atoms with van der Waals surface area (Å²) in [5, 5.41) is 20.5. The maximum Gasteiger partial charge on any atom is 0.255 e. The Morgan fingerprint density at radius 3 is 2.55 bits per heavy atom. The standard InChI is InChI=1S/C23H28N6O2/c24-17-20-21(26-10-9-25-20)28-15-13-27(14-16-28)18-23(31)8-4-11-29(22(23)30)12-7-19-5-2-1-3-6-19/h1-3,5-6,9-10,31H,4,7-8,11-16,18H2. The van der Waals surface area contributed by atoms with Crippen molar-refractivity contribution in [1.29, 1.82) is 5.26 Å². The van der Waals surface area contributed by atoms with Crippen LogP contribution >= 0.6 is 0 Å².